The minimum Gasteiger partial charge on any atom is -0.363 e. The Bertz CT molecular complexity index is 326. The van der Waals surface area contributed by atoms with E-state index in [9.17, 15) is 8.42 Å². The fraction of sp³-hybridized carbons (Fsp3) is 0.250. The van der Waals surface area contributed by atoms with Crippen LogP contribution >= 0.6 is 0 Å². The van der Waals surface area contributed by atoms with Crippen molar-refractivity contribution in [2.45, 2.75) is 11.8 Å². The van der Waals surface area contributed by atoms with E-state index in [1.807, 2.05) is 0 Å². The summed E-state index contributed by atoms with van der Waals surface area (Å²) in [6, 6.07) is 0. The molecular weight excluding hydrogens is 156 g/mol. The lowest BCUT2D eigenvalue weighted by Crippen LogP contribution is -2.12. The summed E-state index contributed by atoms with van der Waals surface area (Å²) >= 11 is 0. The van der Waals surface area contributed by atoms with Crippen molar-refractivity contribution in [3.8, 4) is 0 Å². The number of nitrogens with zero attached hydrogens (tertiary/aromatic N) is 1. The number of hydrogen-bond donors (Lipinski definition) is 1. The van der Waals surface area contributed by atoms with Gasteiger partial charge in [0.25, 0.3) is 0 Å². The maximum Gasteiger partial charge on any atom is 0.243 e. The molecule has 1 heterocycles. The molecule has 0 unspecified atom stereocenters. The molecule has 1 aromatic rings. The molecule has 0 saturated carbocycles. The summed E-state index contributed by atoms with van der Waals surface area (Å²) in [4.78, 5) is -0.0625. The Kier molecular flexibility index (Phi) is 1.49. The zero-order valence-electron chi connectivity index (χ0n) is 5.23. The van der Waals surface area contributed by atoms with Crippen LogP contribution in [0.3, 0.4) is 0 Å². The van der Waals surface area contributed by atoms with Crippen LogP contribution < -0.4 is 5.14 Å². The van der Waals surface area contributed by atoms with Crippen molar-refractivity contribution in [1.82, 2.24) is 5.16 Å². The van der Waals surface area contributed by atoms with Crippen molar-refractivity contribution >= 4 is 10.0 Å². The Morgan fingerprint density at radius 2 is 2.30 bits per heavy atom. The predicted molar refractivity (Wildman–Crippen MR) is 32.6 cm³/mol. The maximum absolute atomic E-state index is 10.6. The lowest BCUT2D eigenvalue weighted by molar-refractivity contribution is 0.413. The van der Waals surface area contributed by atoms with Gasteiger partial charge in [-0.05, 0) is 6.92 Å². The second-order valence-electron chi connectivity index (χ2n) is 1.81. The Hall–Kier alpha value is -0.880. The van der Waals surface area contributed by atoms with Gasteiger partial charge in [0.15, 0.2) is 0 Å². The van der Waals surface area contributed by atoms with Crippen molar-refractivity contribution < 1.29 is 12.9 Å². The molecule has 0 saturated heterocycles. The Balaban J connectivity index is 3.32. The van der Waals surface area contributed by atoms with E-state index in [0.717, 1.165) is 6.26 Å². The van der Waals surface area contributed by atoms with E-state index >= 15 is 0 Å². The molecule has 0 aliphatic carbocycles. The van der Waals surface area contributed by atoms with Gasteiger partial charge in [-0.2, -0.15) is 0 Å². The van der Waals surface area contributed by atoms with Crippen LogP contribution in [0.1, 0.15) is 5.69 Å². The van der Waals surface area contributed by atoms with E-state index in [1.54, 1.807) is 0 Å². The second kappa shape index (κ2) is 2.06. The quantitative estimate of drug-likeness (QED) is 0.610. The molecule has 0 atom stereocenters. The van der Waals surface area contributed by atoms with Gasteiger partial charge in [0.1, 0.15) is 16.9 Å². The molecule has 0 aliphatic heterocycles. The zero-order chi connectivity index (χ0) is 7.78. The highest BCUT2D eigenvalue weighted by Gasteiger charge is 2.14. The summed E-state index contributed by atoms with van der Waals surface area (Å²) < 4.78 is 25.5. The molecule has 10 heavy (non-hydrogen) atoms. The highest BCUT2D eigenvalue weighted by Crippen LogP contribution is 2.09. The Morgan fingerprint density at radius 3 is 2.50 bits per heavy atom. The molecule has 0 amide bonds. The minimum absolute atomic E-state index is 0.0625. The largest absolute Gasteiger partial charge is 0.363 e. The highest BCUT2D eigenvalue weighted by molar-refractivity contribution is 7.89. The van der Waals surface area contributed by atoms with E-state index < -0.39 is 10.0 Å². The number of aryl methyl sites for hydroxylation is 1. The van der Waals surface area contributed by atoms with Crippen LogP contribution in [0.15, 0.2) is 15.7 Å². The van der Waals surface area contributed by atoms with Gasteiger partial charge in [0.05, 0.1) is 0 Å². The van der Waals surface area contributed by atoms with E-state index in [-0.39, 0.29) is 10.6 Å². The first kappa shape index (κ1) is 7.23. The molecule has 0 aromatic carbocycles. The Labute approximate surface area is 57.9 Å². The third-order valence-corrected chi connectivity index (χ3v) is 2.02. The summed E-state index contributed by atoms with van der Waals surface area (Å²) in [7, 11) is -3.65. The van der Waals surface area contributed by atoms with Crippen molar-refractivity contribution in [3.05, 3.63) is 12.0 Å². The van der Waals surface area contributed by atoms with Crippen LogP contribution in [0.4, 0.5) is 0 Å². The number of rotatable bonds is 1. The van der Waals surface area contributed by atoms with Crippen LogP contribution in [0.2, 0.25) is 0 Å². The van der Waals surface area contributed by atoms with Crippen LogP contribution in [0.25, 0.3) is 0 Å². The maximum atomic E-state index is 10.6. The molecule has 0 fully saturated rings. The number of primary sulfonamides is 1. The zero-order valence-corrected chi connectivity index (χ0v) is 6.05. The number of sulfonamides is 1. The number of nitrogens with two attached hydrogens (primary N) is 1. The standard InChI is InChI=1S/C4H6N2O3S/c1-3-4(2-9-6-3)10(5,7)8/h2H,1H3,(H2,5,7,8). The number of aromatic nitrogens is 1. The molecule has 5 nitrogen and oxygen atoms in total. The van der Waals surface area contributed by atoms with E-state index in [0.29, 0.717) is 0 Å². The molecule has 1 rings (SSSR count). The summed E-state index contributed by atoms with van der Waals surface area (Å²) in [5.74, 6) is 0. The highest BCUT2D eigenvalue weighted by atomic mass is 32.2. The molecule has 0 radical (unpaired) electrons. The van der Waals surface area contributed by atoms with Gasteiger partial charge in [0, 0.05) is 0 Å². The fourth-order valence-electron chi connectivity index (χ4n) is 0.556. The third-order valence-electron chi connectivity index (χ3n) is 1.01. The predicted octanol–water partition coefficient (Wildman–Crippen LogP) is -0.370. The summed E-state index contributed by atoms with van der Waals surface area (Å²) in [5, 5.41) is 8.12. The second-order valence-corrected chi connectivity index (χ2v) is 3.34. The van der Waals surface area contributed by atoms with Gasteiger partial charge in [-0.25, -0.2) is 13.6 Å². The summed E-state index contributed by atoms with van der Waals surface area (Å²) in [6.07, 6.45) is 1.00. The van der Waals surface area contributed by atoms with Crippen molar-refractivity contribution in [2.75, 3.05) is 0 Å². The molecule has 2 N–H and O–H groups in total. The average Bonchev–Trinajstić information content (AvgIpc) is 2.11. The Morgan fingerprint density at radius 1 is 1.70 bits per heavy atom. The monoisotopic (exact) mass is 162 g/mol. The first-order valence-corrected chi connectivity index (χ1v) is 4.00. The number of hydrogen-bond acceptors (Lipinski definition) is 4. The van der Waals surface area contributed by atoms with Crippen LogP contribution in [0, 0.1) is 6.92 Å². The average molecular weight is 162 g/mol. The lowest BCUT2D eigenvalue weighted by atomic mass is 10.5. The van der Waals surface area contributed by atoms with Crippen molar-refractivity contribution in [2.24, 2.45) is 5.14 Å². The first-order chi connectivity index (χ1) is 4.52. The smallest absolute Gasteiger partial charge is 0.243 e. The lowest BCUT2D eigenvalue weighted by Gasteiger charge is -1.88. The van der Waals surface area contributed by atoms with Gasteiger partial charge in [0.2, 0.25) is 10.0 Å². The fourth-order valence-corrected chi connectivity index (χ4v) is 1.18. The van der Waals surface area contributed by atoms with Crippen molar-refractivity contribution in [3.63, 3.8) is 0 Å². The van der Waals surface area contributed by atoms with Gasteiger partial charge in [-0.1, -0.05) is 5.16 Å². The topological polar surface area (TPSA) is 86.2 Å². The molecule has 0 bridgehead atoms. The van der Waals surface area contributed by atoms with Gasteiger partial charge >= 0.3 is 0 Å². The van der Waals surface area contributed by atoms with Crippen molar-refractivity contribution in [1.29, 1.82) is 0 Å². The van der Waals surface area contributed by atoms with Gasteiger partial charge in [-0.15, -0.1) is 0 Å². The summed E-state index contributed by atoms with van der Waals surface area (Å²) in [5.41, 5.74) is 0.280. The molecule has 6 heteroatoms. The molecule has 0 aliphatic rings. The normalized spacial score (nSPS) is 11.8. The molecule has 56 valence electrons. The van der Waals surface area contributed by atoms with Crippen LogP contribution in [0.5, 0.6) is 0 Å². The van der Waals surface area contributed by atoms with Crippen LogP contribution in [-0.2, 0) is 10.0 Å². The SMILES string of the molecule is Cc1nocc1S(N)(=O)=O. The van der Waals surface area contributed by atoms with Gasteiger partial charge in [-0.3, -0.25) is 0 Å². The minimum atomic E-state index is -3.65. The molecule has 1 aromatic heterocycles. The summed E-state index contributed by atoms with van der Waals surface area (Å²) in [6.45, 7) is 1.50. The first-order valence-electron chi connectivity index (χ1n) is 2.45. The third kappa shape index (κ3) is 1.17. The molecule has 0 spiro atoms. The van der Waals surface area contributed by atoms with E-state index in [4.69, 9.17) is 5.14 Å². The van der Waals surface area contributed by atoms with E-state index in [2.05, 4.69) is 9.68 Å². The van der Waals surface area contributed by atoms with E-state index in [1.165, 1.54) is 6.92 Å². The molecular formula is C4H6N2O3S. The van der Waals surface area contributed by atoms with Gasteiger partial charge < -0.3 is 4.52 Å². The van der Waals surface area contributed by atoms with Crippen LogP contribution in [-0.4, -0.2) is 13.6 Å².